The number of hydrogen-bond acceptors (Lipinski definition) is 1. The van der Waals surface area contributed by atoms with Gasteiger partial charge in [-0.2, -0.15) is 4.39 Å². The van der Waals surface area contributed by atoms with E-state index in [4.69, 9.17) is 4.74 Å². The first-order valence-corrected chi connectivity index (χ1v) is 8.99. The van der Waals surface area contributed by atoms with Crippen LogP contribution >= 0.6 is 0 Å². The molecule has 1 nitrogen and oxygen atoms in total. The minimum atomic E-state index is -0.948. The summed E-state index contributed by atoms with van der Waals surface area (Å²) >= 11 is 0. The molecule has 0 radical (unpaired) electrons. The third-order valence-electron chi connectivity index (χ3n) is 5.20. The predicted molar refractivity (Wildman–Crippen MR) is 97.1 cm³/mol. The maximum atomic E-state index is 14.5. The second-order valence-corrected chi connectivity index (χ2v) is 6.95. The van der Waals surface area contributed by atoms with Crippen molar-refractivity contribution in [3.8, 4) is 5.75 Å². The molecular weight excluding hydrogens is 337 g/mol. The quantitative estimate of drug-likeness (QED) is 0.559. The molecule has 0 saturated heterocycles. The van der Waals surface area contributed by atoms with Gasteiger partial charge in [-0.15, -0.1) is 0 Å². The van der Waals surface area contributed by atoms with Crippen molar-refractivity contribution in [1.29, 1.82) is 0 Å². The van der Waals surface area contributed by atoms with Crippen molar-refractivity contribution in [3.63, 3.8) is 0 Å². The van der Waals surface area contributed by atoms with Crippen LogP contribution in [0.15, 0.2) is 43.0 Å². The van der Waals surface area contributed by atoms with Crippen LogP contribution in [0.4, 0.5) is 13.2 Å². The number of aryl methyl sites for hydroxylation is 1. The zero-order valence-electron chi connectivity index (χ0n) is 14.9. The minimum absolute atomic E-state index is 0.0530. The summed E-state index contributed by atoms with van der Waals surface area (Å²) in [6.45, 7) is 5.49. The zero-order valence-corrected chi connectivity index (χ0v) is 14.9. The van der Waals surface area contributed by atoms with Gasteiger partial charge in [0.1, 0.15) is 12.4 Å². The Kier molecular flexibility index (Phi) is 5.70. The van der Waals surface area contributed by atoms with E-state index >= 15 is 0 Å². The summed E-state index contributed by atoms with van der Waals surface area (Å²) in [4.78, 5) is 0. The molecule has 2 aromatic rings. The smallest absolute Gasteiger partial charge is 0.200 e. The lowest BCUT2D eigenvalue weighted by atomic mass is 9.76. The van der Waals surface area contributed by atoms with Gasteiger partial charge in [-0.25, -0.2) is 8.78 Å². The maximum absolute atomic E-state index is 14.5. The minimum Gasteiger partial charge on any atom is -0.486 e. The van der Waals surface area contributed by atoms with Crippen LogP contribution in [0.25, 0.3) is 0 Å². The van der Waals surface area contributed by atoms with E-state index in [1.807, 2.05) is 19.1 Å². The highest BCUT2D eigenvalue weighted by molar-refractivity contribution is 5.34. The molecular formula is C22H23F3O. The number of hydrogen-bond donors (Lipinski definition) is 0. The van der Waals surface area contributed by atoms with E-state index < -0.39 is 11.6 Å². The molecule has 0 aliphatic heterocycles. The summed E-state index contributed by atoms with van der Waals surface area (Å²) in [5.74, 6) is -1.97. The van der Waals surface area contributed by atoms with E-state index in [1.54, 1.807) is 12.1 Å². The maximum Gasteiger partial charge on any atom is 0.200 e. The lowest BCUT2D eigenvalue weighted by Gasteiger charge is -2.29. The van der Waals surface area contributed by atoms with Gasteiger partial charge in [0, 0.05) is 0 Å². The van der Waals surface area contributed by atoms with Crippen LogP contribution in [-0.4, -0.2) is 6.61 Å². The lowest BCUT2D eigenvalue weighted by Crippen LogP contribution is -2.15. The van der Waals surface area contributed by atoms with E-state index in [0.717, 1.165) is 24.0 Å². The highest BCUT2D eigenvalue weighted by Crippen LogP contribution is 2.42. The van der Waals surface area contributed by atoms with Crippen LogP contribution in [0, 0.1) is 24.4 Å². The monoisotopic (exact) mass is 360 g/mol. The number of rotatable bonds is 5. The largest absolute Gasteiger partial charge is 0.486 e. The van der Waals surface area contributed by atoms with Gasteiger partial charge in [-0.05, 0) is 73.3 Å². The standard InChI is InChI=1S/C22H23F3O/c1-3-12-26-20-11-10-18(21(24)22(20)25)16-7-5-15(6-8-16)17-9-4-14(2)13-19(17)23/h3-4,9-11,13,15-16H,1,5-8,12H2,2H3. The fraction of sp³-hybridized carbons (Fsp3) is 0.364. The molecule has 1 fully saturated rings. The molecule has 0 unspecified atom stereocenters. The van der Waals surface area contributed by atoms with Crippen LogP contribution in [0.5, 0.6) is 5.75 Å². The van der Waals surface area contributed by atoms with Crippen molar-refractivity contribution >= 4 is 0 Å². The summed E-state index contributed by atoms with van der Waals surface area (Å²) in [7, 11) is 0. The fourth-order valence-electron chi connectivity index (χ4n) is 3.80. The van der Waals surface area contributed by atoms with Crippen molar-refractivity contribution in [1.82, 2.24) is 0 Å². The molecule has 0 N–H and O–H groups in total. The summed E-state index contributed by atoms with van der Waals surface area (Å²) < 4.78 is 48.0. The predicted octanol–water partition coefficient (Wildman–Crippen LogP) is 6.42. The first kappa shape index (κ1) is 18.6. The second kappa shape index (κ2) is 7.98. The molecule has 138 valence electrons. The average Bonchev–Trinajstić information content (AvgIpc) is 2.63. The zero-order chi connectivity index (χ0) is 18.7. The Balaban J connectivity index is 1.71. The molecule has 1 aliphatic rings. The van der Waals surface area contributed by atoms with Gasteiger partial charge >= 0.3 is 0 Å². The second-order valence-electron chi connectivity index (χ2n) is 6.95. The van der Waals surface area contributed by atoms with E-state index in [-0.39, 0.29) is 30.0 Å². The van der Waals surface area contributed by atoms with Crippen LogP contribution < -0.4 is 4.74 Å². The summed E-state index contributed by atoms with van der Waals surface area (Å²) in [5, 5.41) is 0. The Hall–Kier alpha value is -2.23. The van der Waals surface area contributed by atoms with Gasteiger partial charge in [0.25, 0.3) is 0 Å². The summed E-state index contributed by atoms with van der Waals surface area (Å²) in [6.07, 6.45) is 4.43. The molecule has 1 aliphatic carbocycles. The molecule has 0 atom stereocenters. The van der Waals surface area contributed by atoms with Crippen molar-refractivity contribution in [3.05, 3.63) is 77.1 Å². The van der Waals surface area contributed by atoms with Crippen molar-refractivity contribution in [2.24, 2.45) is 0 Å². The average molecular weight is 360 g/mol. The van der Waals surface area contributed by atoms with Crippen LogP contribution in [0.2, 0.25) is 0 Å². The highest BCUT2D eigenvalue weighted by atomic mass is 19.2. The normalized spacial score (nSPS) is 20.0. The summed E-state index contributed by atoms with van der Waals surface area (Å²) in [6, 6.07) is 8.40. The number of ether oxygens (including phenoxy) is 1. The van der Waals surface area contributed by atoms with Gasteiger partial charge in [-0.3, -0.25) is 0 Å². The van der Waals surface area contributed by atoms with E-state index in [9.17, 15) is 13.2 Å². The summed E-state index contributed by atoms with van der Waals surface area (Å²) in [5.41, 5.74) is 2.02. The van der Waals surface area contributed by atoms with Crippen LogP contribution in [0.3, 0.4) is 0 Å². The van der Waals surface area contributed by atoms with E-state index in [1.165, 1.54) is 12.1 Å². The van der Waals surface area contributed by atoms with Crippen LogP contribution in [0.1, 0.15) is 54.2 Å². The SMILES string of the molecule is C=CCOc1ccc(C2CCC(c3ccc(C)cc3F)CC2)c(F)c1F. The van der Waals surface area contributed by atoms with Gasteiger partial charge < -0.3 is 4.74 Å². The number of benzene rings is 2. The van der Waals surface area contributed by atoms with Crippen molar-refractivity contribution < 1.29 is 17.9 Å². The van der Waals surface area contributed by atoms with E-state index in [2.05, 4.69) is 6.58 Å². The van der Waals surface area contributed by atoms with Crippen molar-refractivity contribution in [2.45, 2.75) is 44.4 Å². The first-order valence-electron chi connectivity index (χ1n) is 8.99. The fourth-order valence-corrected chi connectivity index (χ4v) is 3.80. The molecule has 0 amide bonds. The molecule has 26 heavy (non-hydrogen) atoms. The molecule has 2 aromatic carbocycles. The molecule has 0 bridgehead atoms. The molecule has 0 aromatic heterocycles. The van der Waals surface area contributed by atoms with Gasteiger partial charge in [0.05, 0.1) is 0 Å². The van der Waals surface area contributed by atoms with Crippen LogP contribution in [-0.2, 0) is 0 Å². The molecule has 4 heteroatoms. The van der Waals surface area contributed by atoms with Gasteiger partial charge in [0.2, 0.25) is 5.82 Å². The van der Waals surface area contributed by atoms with Crippen molar-refractivity contribution in [2.75, 3.05) is 6.61 Å². The molecule has 3 rings (SSSR count). The Labute approximate surface area is 152 Å². The Morgan fingerprint density at radius 1 is 0.962 bits per heavy atom. The topological polar surface area (TPSA) is 9.23 Å². The van der Waals surface area contributed by atoms with Gasteiger partial charge in [0.15, 0.2) is 11.6 Å². The third-order valence-corrected chi connectivity index (χ3v) is 5.20. The Morgan fingerprint density at radius 3 is 2.19 bits per heavy atom. The molecule has 0 heterocycles. The highest BCUT2D eigenvalue weighted by Gasteiger charge is 2.28. The number of halogens is 3. The first-order chi connectivity index (χ1) is 12.5. The Morgan fingerprint density at radius 2 is 1.58 bits per heavy atom. The lowest BCUT2D eigenvalue weighted by molar-refractivity contribution is 0.327. The molecule has 1 saturated carbocycles. The van der Waals surface area contributed by atoms with Gasteiger partial charge in [-0.1, -0.05) is 30.9 Å². The molecule has 0 spiro atoms. The van der Waals surface area contributed by atoms with E-state index in [0.29, 0.717) is 18.4 Å². The Bertz CT molecular complexity index is 792. The third kappa shape index (κ3) is 3.79.